The molecule has 2 unspecified atom stereocenters. The zero-order valence-electron chi connectivity index (χ0n) is 12.7. The van der Waals surface area contributed by atoms with Crippen LogP contribution in [-0.4, -0.2) is 42.5 Å². The summed E-state index contributed by atoms with van der Waals surface area (Å²) in [6.07, 6.45) is 5.85. The van der Waals surface area contributed by atoms with Crippen LogP contribution in [0, 0.1) is 5.92 Å². The van der Waals surface area contributed by atoms with Gasteiger partial charge in [0.15, 0.2) is 0 Å². The van der Waals surface area contributed by atoms with Gasteiger partial charge in [-0.3, -0.25) is 4.55 Å². The third kappa shape index (κ3) is 7.29. The molecule has 0 aromatic heterocycles. The van der Waals surface area contributed by atoms with E-state index in [2.05, 4.69) is 20.8 Å². The second-order valence-corrected chi connectivity index (χ2v) is 7.02. The molecule has 0 bridgehead atoms. The Hall–Kier alpha value is 0.130. The molecule has 0 saturated heterocycles. The van der Waals surface area contributed by atoms with E-state index in [-0.39, 0.29) is 34.5 Å². The standard InChI is InChI=1S/C16H26O3S.Na.H/c1-4-13(3)7-6-8-14(5-2)15-9-11-16(12-10-15)20(17,18)19;;/h9-14H,4-8H2,1-3H3,(H,17,18,19);;. The van der Waals surface area contributed by atoms with Crippen molar-refractivity contribution in [3.63, 3.8) is 0 Å². The first-order chi connectivity index (χ1) is 9.38. The second-order valence-electron chi connectivity index (χ2n) is 5.59. The Balaban J connectivity index is 0.00000400. The second kappa shape index (κ2) is 10.0. The summed E-state index contributed by atoms with van der Waals surface area (Å²) in [5.41, 5.74) is 1.16. The van der Waals surface area contributed by atoms with Crippen molar-refractivity contribution in [1.82, 2.24) is 0 Å². The number of hydrogen-bond donors (Lipinski definition) is 1. The van der Waals surface area contributed by atoms with Gasteiger partial charge in [-0.25, -0.2) is 0 Å². The molecule has 0 spiro atoms. The van der Waals surface area contributed by atoms with Gasteiger partial charge in [0.2, 0.25) is 0 Å². The van der Waals surface area contributed by atoms with Crippen molar-refractivity contribution in [3.8, 4) is 0 Å². The summed E-state index contributed by atoms with van der Waals surface area (Å²) in [5, 5.41) is 0. The molecule has 1 aromatic rings. The van der Waals surface area contributed by atoms with Crippen LogP contribution in [0.25, 0.3) is 0 Å². The van der Waals surface area contributed by atoms with E-state index in [4.69, 9.17) is 4.55 Å². The van der Waals surface area contributed by atoms with Gasteiger partial charge in [0.1, 0.15) is 0 Å². The molecule has 21 heavy (non-hydrogen) atoms. The third-order valence-electron chi connectivity index (χ3n) is 4.09. The molecule has 3 nitrogen and oxygen atoms in total. The van der Waals surface area contributed by atoms with Gasteiger partial charge in [-0.15, -0.1) is 0 Å². The Labute approximate surface area is 151 Å². The van der Waals surface area contributed by atoms with Gasteiger partial charge in [-0.1, -0.05) is 52.2 Å². The molecule has 1 aromatic carbocycles. The van der Waals surface area contributed by atoms with Crippen molar-refractivity contribution in [2.75, 3.05) is 0 Å². The third-order valence-corrected chi connectivity index (χ3v) is 4.96. The summed E-state index contributed by atoms with van der Waals surface area (Å²) in [7, 11) is -4.08. The number of benzene rings is 1. The van der Waals surface area contributed by atoms with E-state index in [0.717, 1.165) is 24.3 Å². The normalized spacial score (nSPS) is 14.3. The minimum atomic E-state index is -4.08. The van der Waals surface area contributed by atoms with Gasteiger partial charge in [-0.05, 0) is 42.4 Å². The van der Waals surface area contributed by atoms with E-state index in [1.807, 2.05) is 12.1 Å². The molecule has 2 atom stereocenters. The quantitative estimate of drug-likeness (QED) is 0.581. The Morgan fingerprint density at radius 1 is 1.05 bits per heavy atom. The minimum absolute atomic E-state index is 0. The summed E-state index contributed by atoms with van der Waals surface area (Å²) >= 11 is 0. The molecule has 0 aliphatic heterocycles. The van der Waals surface area contributed by atoms with Crippen molar-refractivity contribution in [1.29, 1.82) is 0 Å². The first kappa shape index (κ1) is 21.1. The monoisotopic (exact) mass is 322 g/mol. The van der Waals surface area contributed by atoms with Crippen LogP contribution >= 0.6 is 0 Å². The summed E-state index contributed by atoms with van der Waals surface area (Å²) in [6.45, 7) is 6.66. The molecule has 0 aliphatic rings. The maximum absolute atomic E-state index is 11.0. The predicted molar refractivity (Wildman–Crippen MR) is 89.7 cm³/mol. The summed E-state index contributed by atoms with van der Waals surface area (Å²) < 4.78 is 31.0. The van der Waals surface area contributed by atoms with Crippen LogP contribution in [0.1, 0.15) is 64.4 Å². The number of rotatable bonds is 8. The van der Waals surface area contributed by atoms with Gasteiger partial charge < -0.3 is 0 Å². The fourth-order valence-electron chi connectivity index (χ4n) is 2.44. The zero-order valence-corrected chi connectivity index (χ0v) is 13.5. The Kier molecular flexibility index (Phi) is 10.1. The van der Waals surface area contributed by atoms with Gasteiger partial charge in [0.05, 0.1) is 4.90 Å². The van der Waals surface area contributed by atoms with Crippen LogP contribution in [0.15, 0.2) is 29.2 Å². The molecule has 0 radical (unpaired) electrons. The van der Waals surface area contributed by atoms with Gasteiger partial charge in [0, 0.05) is 0 Å². The SMILES string of the molecule is CCC(C)CCCC(CC)c1ccc(S(=O)(=O)O)cc1.[NaH]. The van der Waals surface area contributed by atoms with Crippen LogP contribution in [0.5, 0.6) is 0 Å². The molecule has 1 rings (SSSR count). The van der Waals surface area contributed by atoms with Crippen LogP contribution in [0.3, 0.4) is 0 Å². The molecule has 0 saturated carbocycles. The van der Waals surface area contributed by atoms with E-state index >= 15 is 0 Å². The molecular weight excluding hydrogens is 295 g/mol. The average Bonchev–Trinajstić information content (AvgIpc) is 2.42. The zero-order chi connectivity index (χ0) is 15.2. The average molecular weight is 322 g/mol. The van der Waals surface area contributed by atoms with Gasteiger partial charge >= 0.3 is 29.6 Å². The van der Waals surface area contributed by atoms with Crippen LogP contribution in [-0.2, 0) is 10.1 Å². The predicted octanol–water partition coefficient (Wildman–Crippen LogP) is 3.99. The molecule has 0 amide bonds. The summed E-state index contributed by atoms with van der Waals surface area (Å²) in [4.78, 5) is -0.0318. The molecule has 5 heteroatoms. The van der Waals surface area contributed by atoms with Gasteiger partial charge in [-0.2, -0.15) is 8.42 Å². The van der Waals surface area contributed by atoms with Crippen molar-refractivity contribution >= 4 is 39.7 Å². The molecular formula is C16H27NaO3S. The first-order valence-electron chi connectivity index (χ1n) is 7.45. The van der Waals surface area contributed by atoms with E-state index in [1.165, 1.54) is 31.4 Å². The number of hydrogen-bond acceptors (Lipinski definition) is 2. The molecule has 0 fully saturated rings. The van der Waals surface area contributed by atoms with Crippen molar-refractivity contribution in [2.45, 2.75) is 63.7 Å². The van der Waals surface area contributed by atoms with E-state index in [9.17, 15) is 8.42 Å². The Morgan fingerprint density at radius 3 is 2.05 bits per heavy atom. The van der Waals surface area contributed by atoms with E-state index < -0.39 is 10.1 Å². The van der Waals surface area contributed by atoms with Crippen molar-refractivity contribution < 1.29 is 13.0 Å². The van der Waals surface area contributed by atoms with E-state index in [1.54, 1.807) is 0 Å². The Morgan fingerprint density at radius 2 is 1.62 bits per heavy atom. The molecule has 0 heterocycles. The van der Waals surface area contributed by atoms with Crippen LogP contribution in [0.4, 0.5) is 0 Å². The van der Waals surface area contributed by atoms with Crippen molar-refractivity contribution in [3.05, 3.63) is 29.8 Å². The molecule has 1 N–H and O–H groups in total. The van der Waals surface area contributed by atoms with Crippen molar-refractivity contribution in [2.24, 2.45) is 5.92 Å². The molecule has 0 aliphatic carbocycles. The van der Waals surface area contributed by atoms with Crippen LogP contribution < -0.4 is 0 Å². The summed E-state index contributed by atoms with van der Waals surface area (Å²) in [6, 6.07) is 6.62. The molecule has 116 valence electrons. The summed E-state index contributed by atoms with van der Waals surface area (Å²) in [5.74, 6) is 1.24. The fourth-order valence-corrected chi connectivity index (χ4v) is 2.92. The van der Waals surface area contributed by atoms with Crippen LogP contribution in [0.2, 0.25) is 0 Å². The Bertz CT molecular complexity index is 497. The topological polar surface area (TPSA) is 54.4 Å². The van der Waals surface area contributed by atoms with E-state index in [0.29, 0.717) is 5.92 Å². The maximum atomic E-state index is 11.0. The van der Waals surface area contributed by atoms with Gasteiger partial charge in [0.25, 0.3) is 10.1 Å². The first-order valence-corrected chi connectivity index (χ1v) is 8.89. The fraction of sp³-hybridized carbons (Fsp3) is 0.625.